The lowest BCUT2D eigenvalue weighted by atomic mass is 9.79. The Morgan fingerprint density at radius 1 is 1.14 bits per heavy atom. The van der Waals surface area contributed by atoms with Crippen molar-refractivity contribution in [2.24, 2.45) is 0 Å². The second kappa shape index (κ2) is 4.19. The number of hydrogen-bond donors (Lipinski definition) is 0. The summed E-state index contributed by atoms with van der Waals surface area (Å²) in [4.78, 5) is 34.7. The highest BCUT2D eigenvalue weighted by Crippen LogP contribution is 2.52. The predicted molar refractivity (Wildman–Crippen MR) is 68.1 cm³/mol. The monoisotopic (exact) mass is 286 g/mol. The van der Waals surface area contributed by atoms with Gasteiger partial charge in [0.1, 0.15) is 6.10 Å². The van der Waals surface area contributed by atoms with Gasteiger partial charge in [-0.25, -0.2) is 4.89 Å². The Labute approximate surface area is 119 Å². The molecule has 0 amide bonds. The highest BCUT2D eigenvalue weighted by atomic mass is 17.5. The predicted octanol–water partition coefficient (Wildman–Crippen LogP) is 1.54. The molecule has 0 N–H and O–H groups in total. The van der Waals surface area contributed by atoms with Gasteiger partial charge in [0.25, 0.3) is 5.79 Å². The van der Waals surface area contributed by atoms with Crippen LogP contribution in [-0.2, 0) is 19.6 Å². The first kappa shape index (κ1) is 12.6. The quantitative estimate of drug-likeness (QED) is 0.476. The summed E-state index contributed by atoms with van der Waals surface area (Å²) in [5.41, 5.74) is 1.15. The minimum Gasteiger partial charge on any atom is -0.327 e. The van der Waals surface area contributed by atoms with Crippen LogP contribution in [0.25, 0.3) is 0 Å². The van der Waals surface area contributed by atoms with Crippen molar-refractivity contribution in [2.45, 2.75) is 11.9 Å². The van der Waals surface area contributed by atoms with Gasteiger partial charge >= 0.3 is 0 Å². The Bertz CT molecular complexity index is 731. The molecular weight excluding hydrogens is 276 g/mol. The van der Waals surface area contributed by atoms with Gasteiger partial charge < -0.3 is 4.74 Å². The lowest BCUT2D eigenvalue weighted by Gasteiger charge is -2.24. The van der Waals surface area contributed by atoms with Gasteiger partial charge in [-0.15, -0.1) is 0 Å². The van der Waals surface area contributed by atoms with E-state index in [0.717, 1.165) is 0 Å². The third kappa shape index (κ3) is 1.55. The molecule has 1 fully saturated rings. The van der Waals surface area contributed by atoms with Crippen LogP contribution < -0.4 is 0 Å². The lowest BCUT2D eigenvalue weighted by Crippen LogP contribution is -2.35. The molecule has 0 saturated carbocycles. The van der Waals surface area contributed by atoms with Gasteiger partial charge in [0, 0.05) is 16.7 Å². The molecule has 2 aliphatic carbocycles. The number of fused-ring (bicyclic) bond motifs is 3. The number of benzene rings is 1. The van der Waals surface area contributed by atoms with Gasteiger partial charge in [-0.05, 0) is 6.08 Å². The van der Waals surface area contributed by atoms with Crippen LogP contribution in [0.15, 0.2) is 47.6 Å². The summed E-state index contributed by atoms with van der Waals surface area (Å²) in [6, 6.07) is 6.67. The fourth-order valence-corrected chi connectivity index (χ4v) is 2.80. The van der Waals surface area contributed by atoms with Gasteiger partial charge in [0.2, 0.25) is 0 Å². The molecule has 0 spiro atoms. The molecule has 0 aromatic heterocycles. The van der Waals surface area contributed by atoms with Crippen LogP contribution in [0.2, 0.25) is 0 Å². The number of Topliss-reactive ketones (excluding diaryl/α,β-unsaturated/α-hetero) is 2. The minimum atomic E-state index is -1.39. The average molecular weight is 286 g/mol. The lowest BCUT2D eigenvalue weighted by molar-refractivity contribution is -0.527. The summed E-state index contributed by atoms with van der Waals surface area (Å²) in [5.74, 6) is -1.92. The highest BCUT2D eigenvalue weighted by Gasteiger charge is 2.67. The Balaban J connectivity index is 1.87. The first-order valence-corrected chi connectivity index (χ1v) is 6.37. The second-order valence-corrected chi connectivity index (χ2v) is 4.88. The molecule has 6 nitrogen and oxygen atoms in total. The van der Waals surface area contributed by atoms with E-state index in [1.165, 1.54) is 7.11 Å². The first-order valence-electron chi connectivity index (χ1n) is 6.37. The molecule has 1 aromatic carbocycles. The third-order valence-corrected chi connectivity index (χ3v) is 3.79. The molecular formula is C15H10O6. The number of carbonyl (C=O) groups is 2. The minimum absolute atomic E-state index is 0.163. The van der Waals surface area contributed by atoms with E-state index >= 15 is 0 Å². The fourth-order valence-electron chi connectivity index (χ4n) is 2.80. The van der Waals surface area contributed by atoms with Crippen LogP contribution in [0.5, 0.6) is 0 Å². The van der Waals surface area contributed by atoms with E-state index in [4.69, 9.17) is 9.62 Å². The van der Waals surface area contributed by atoms with Crippen molar-refractivity contribution in [3.05, 3.63) is 58.7 Å². The van der Waals surface area contributed by atoms with E-state index in [0.29, 0.717) is 11.1 Å². The molecule has 0 radical (unpaired) electrons. The van der Waals surface area contributed by atoms with Crippen LogP contribution in [0.4, 0.5) is 0 Å². The van der Waals surface area contributed by atoms with Gasteiger partial charge in [0.05, 0.1) is 12.7 Å². The summed E-state index contributed by atoms with van der Waals surface area (Å²) < 4.78 is 5.43. The molecule has 1 heterocycles. The molecule has 2 unspecified atom stereocenters. The van der Waals surface area contributed by atoms with E-state index in [1.54, 1.807) is 36.4 Å². The topological polar surface area (TPSA) is 74.4 Å². The molecule has 3 aliphatic rings. The number of ketones is 2. The molecule has 1 aliphatic heterocycles. The number of carbonyl (C=O) groups excluding carboxylic acids is 2. The zero-order chi connectivity index (χ0) is 14.6. The molecule has 2 atom stereocenters. The van der Waals surface area contributed by atoms with Crippen molar-refractivity contribution < 1.29 is 29.1 Å². The normalized spacial score (nSPS) is 29.1. The number of epoxide rings is 1. The maximum absolute atomic E-state index is 12.7. The van der Waals surface area contributed by atoms with E-state index in [1.807, 2.05) is 0 Å². The summed E-state index contributed by atoms with van der Waals surface area (Å²) in [6.07, 6.45) is 2.79. The van der Waals surface area contributed by atoms with Crippen LogP contribution in [0, 0.1) is 0 Å². The molecule has 6 heteroatoms. The second-order valence-electron chi connectivity index (χ2n) is 4.88. The van der Waals surface area contributed by atoms with Crippen LogP contribution in [0.3, 0.4) is 0 Å². The van der Waals surface area contributed by atoms with Crippen molar-refractivity contribution in [1.29, 1.82) is 0 Å². The van der Waals surface area contributed by atoms with E-state index < -0.39 is 11.9 Å². The van der Waals surface area contributed by atoms with Crippen LogP contribution >= 0.6 is 0 Å². The van der Waals surface area contributed by atoms with Crippen LogP contribution in [0.1, 0.15) is 20.7 Å². The van der Waals surface area contributed by atoms with Crippen molar-refractivity contribution in [2.75, 3.05) is 7.11 Å². The van der Waals surface area contributed by atoms with Crippen molar-refractivity contribution in [1.82, 2.24) is 0 Å². The number of allylic oxidation sites excluding steroid dienone is 2. The number of rotatable bonds is 3. The van der Waals surface area contributed by atoms with Crippen LogP contribution in [-0.4, -0.2) is 30.6 Å². The molecule has 1 aromatic rings. The zero-order valence-corrected chi connectivity index (χ0v) is 11.0. The molecule has 0 bridgehead atoms. The smallest absolute Gasteiger partial charge is 0.266 e. The number of hydrogen-bond acceptors (Lipinski definition) is 6. The standard InChI is InChI=1S/C15H10O6/c1-18-21-20-15-11(19-15)7-6-10-12(15)14(17)9-5-3-2-4-8(9)13(10)16/h2-7,11H,1H3. The van der Waals surface area contributed by atoms with E-state index in [-0.39, 0.29) is 22.7 Å². The van der Waals surface area contributed by atoms with Crippen molar-refractivity contribution >= 4 is 11.6 Å². The Hall–Kier alpha value is -2.12. The summed E-state index contributed by atoms with van der Waals surface area (Å²) in [5, 5.41) is 4.48. The zero-order valence-electron chi connectivity index (χ0n) is 11.0. The molecule has 106 valence electrons. The Kier molecular flexibility index (Phi) is 2.51. The van der Waals surface area contributed by atoms with Crippen molar-refractivity contribution in [3.8, 4) is 0 Å². The average Bonchev–Trinajstić information content (AvgIpc) is 3.24. The first-order chi connectivity index (χ1) is 10.2. The van der Waals surface area contributed by atoms with Gasteiger partial charge in [0.15, 0.2) is 11.6 Å². The third-order valence-electron chi connectivity index (χ3n) is 3.79. The summed E-state index contributed by atoms with van der Waals surface area (Å²) in [7, 11) is 1.27. The summed E-state index contributed by atoms with van der Waals surface area (Å²) >= 11 is 0. The maximum Gasteiger partial charge on any atom is 0.266 e. The molecule has 1 saturated heterocycles. The molecule has 4 rings (SSSR count). The number of ether oxygens (including phenoxy) is 1. The Morgan fingerprint density at radius 2 is 1.86 bits per heavy atom. The van der Waals surface area contributed by atoms with Gasteiger partial charge in [-0.1, -0.05) is 35.4 Å². The molecule has 21 heavy (non-hydrogen) atoms. The Morgan fingerprint density at radius 3 is 2.57 bits per heavy atom. The van der Waals surface area contributed by atoms with Gasteiger partial charge in [-0.3, -0.25) is 9.59 Å². The SMILES string of the molecule is COOOC12OC1C=CC1=C2C(=O)c2ccccc2C1=O. The van der Waals surface area contributed by atoms with Gasteiger partial charge in [-0.2, -0.15) is 4.89 Å². The van der Waals surface area contributed by atoms with E-state index in [2.05, 4.69) is 9.93 Å². The summed E-state index contributed by atoms with van der Waals surface area (Å²) in [6.45, 7) is 0. The highest BCUT2D eigenvalue weighted by molar-refractivity contribution is 6.29. The largest absolute Gasteiger partial charge is 0.327 e. The van der Waals surface area contributed by atoms with E-state index in [9.17, 15) is 9.59 Å². The fraction of sp³-hybridized carbons (Fsp3) is 0.200. The van der Waals surface area contributed by atoms with Crippen molar-refractivity contribution in [3.63, 3.8) is 0 Å². The maximum atomic E-state index is 12.7.